The van der Waals surface area contributed by atoms with Crippen LogP contribution in [0.4, 0.5) is 11.4 Å². The number of hydrogen-bond donors (Lipinski definition) is 2. The van der Waals surface area contributed by atoms with Gasteiger partial charge in [-0.3, -0.25) is 4.79 Å². The van der Waals surface area contributed by atoms with Crippen LogP contribution in [0.3, 0.4) is 0 Å². The first-order valence-corrected chi connectivity index (χ1v) is 6.89. The zero-order valence-electron chi connectivity index (χ0n) is 11.9. The van der Waals surface area contributed by atoms with Crippen LogP contribution < -0.4 is 15.5 Å². The third-order valence-electron chi connectivity index (χ3n) is 3.75. The van der Waals surface area contributed by atoms with E-state index in [4.69, 9.17) is 0 Å². The quantitative estimate of drug-likeness (QED) is 0.875. The molecule has 0 aromatic heterocycles. The molecule has 19 heavy (non-hydrogen) atoms. The molecule has 1 heterocycles. The number of piperidine rings is 1. The van der Waals surface area contributed by atoms with Gasteiger partial charge in [0.1, 0.15) is 0 Å². The van der Waals surface area contributed by atoms with E-state index in [0.29, 0.717) is 0 Å². The van der Waals surface area contributed by atoms with Gasteiger partial charge < -0.3 is 15.5 Å². The molecule has 2 atom stereocenters. The average molecular weight is 261 g/mol. The van der Waals surface area contributed by atoms with E-state index in [0.717, 1.165) is 30.8 Å². The summed E-state index contributed by atoms with van der Waals surface area (Å²) < 4.78 is 0. The number of amides is 1. The van der Waals surface area contributed by atoms with Crippen LogP contribution in [0.5, 0.6) is 0 Å². The van der Waals surface area contributed by atoms with Crippen molar-refractivity contribution in [1.82, 2.24) is 5.32 Å². The normalized spacial score (nSPS) is 22.9. The van der Waals surface area contributed by atoms with E-state index < -0.39 is 0 Å². The first kappa shape index (κ1) is 13.9. The summed E-state index contributed by atoms with van der Waals surface area (Å²) in [6, 6.07) is 8.19. The Hall–Kier alpha value is -1.55. The van der Waals surface area contributed by atoms with Gasteiger partial charge in [0.05, 0.1) is 5.92 Å². The van der Waals surface area contributed by atoms with Crippen LogP contribution >= 0.6 is 0 Å². The molecule has 0 bridgehead atoms. The molecule has 1 aliphatic heterocycles. The minimum Gasteiger partial charge on any atom is -0.378 e. The van der Waals surface area contributed by atoms with Crippen molar-refractivity contribution in [3.05, 3.63) is 24.3 Å². The highest BCUT2D eigenvalue weighted by Crippen LogP contribution is 2.20. The van der Waals surface area contributed by atoms with Gasteiger partial charge in [-0.15, -0.1) is 0 Å². The van der Waals surface area contributed by atoms with Crippen molar-refractivity contribution in [2.45, 2.75) is 25.8 Å². The number of nitrogens with one attached hydrogen (secondary N) is 2. The first-order valence-electron chi connectivity index (χ1n) is 6.89. The van der Waals surface area contributed by atoms with Crippen LogP contribution in [0.15, 0.2) is 24.3 Å². The summed E-state index contributed by atoms with van der Waals surface area (Å²) >= 11 is 0. The van der Waals surface area contributed by atoms with Crippen molar-refractivity contribution in [2.75, 3.05) is 30.9 Å². The van der Waals surface area contributed by atoms with Crippen LogP contribution in [0.1, 0.15) is 19.8 Å². The van der Waals surface area contributed by atoms with Crippen LogP contribution in [0.25, 0.3) is 0 Å². The molecule has 1 aromatic rings. The molecule has 1 fully saturated rings. The molecular weight excluding hydrogens is 238 g/mol. The maximum absolute atomic E-state index is 12.2. The molecule has 1 amide bonds. The Morgan fingerprint density at radius 2 is 2.00 bits per heavy atom. The largest absolute Gasteiger partial charge is 0.378 e. The van der Waals surface area contributed by atoms with Crippen molar-refractivity contribution in [2.24, 2.45) is 5.92 Å². The van der Waals surface area contributed by atoms with E-state index in [1.807, 2.05) is 43.3 Å². The third kappa shape index (κ3) is 3.47. The second-order valence-electron chi connectivity index (χ2n) is 5.42. The Labute approximate surface area is 115 Å². The molecule has 104 valence electrons. The Morgan fingerprint density at radius 1 is 1.32 bits per heavy atom. The second-order valence-corrected chi connectivity index (χ2v) is 5.42. The molecule has 0 saturated carbocycles. The molecule has 4 nitrogen and oxygen atoms in total. The topological polar surface area (TPSA) is 44.4 Å². The fourth-order valence-electron chi connectivity index (χ4n) is 2.48. The fraction of sp³-hybridized carbons (Fsp3) is 0.533. The minimum atomic E-state index is 0.0716. The summed E-state index contributed by atoms with van der Waals surface area (Å²) in [6.45, 7) is 3.10. The lowest BCUT2D eigenvalue weighted by Crippen LogP contribution is -2.44. The number of carbonyl (C=O) groups is 1. The molecule has 1 saturated heterocycles. The zero-order valence-corrected chi connectivity index (χ0v) is 11.9. The molecule has 2 N–H and O–H groups in total. The summed E-state index contributed by atoms with van der Waals surface area (Å²) in [5.74, 6) is 0.194. The van der Waals surface area contributed by atoms with Gasteiger partial charge in [0.2, 0.25) is 5.91 Å². The molecule has 1 aliphatic rings. The summed E-state index contributed by atoms with van der Waals surface area (Å²) in [7, 11) is 4.01. The number of nitrogens with zero attached hydrogens (tertiary/aromatic N) is 1. The lowest BCUT2D eigenvalue weighted by atomic mass is 9.91. The van der Waals surface area contributed by atoms with Gasteiger partial charge in [0.15, 0.2) is 0 Å². The Morgan fingerprint density at radius 3 is 2.58 bits per heavy atom. The maximum Gasteiger partial charge on any atom is 0.229 e. The van der Waals surface area contributed by atoms with Gasteiger partial charge in [-0.2, -0.15) is 0 Å². The van der Waals surface area contributed by atoms with Crippen molar-refractivity contribution >= 4 is 17.3 Å². The first-order chi connectivity index (χ1) is 9.08. The van der Waals surface area contributed by atoms with Crippen molar-refractivity contribution in [3.63, 3.8) is 0 Å². The highest BCUT2D eigenvalue weighted by atomic mass is 16.1. The van der Waals surface area contributed by atoms with E-state index in [1.165, 1.54) is 0 Å². The Kier molecular flexibility index (Phi) is 4.43. The van der Waals surface area contributed by atoms with Gasteiger partial charge in [-0.1, -0.05) is 0 Å². The van der Waals surface area contributed by atoms with Gasteiger partial charge in [-0.25, -0.2) is 0 Å². The predicted octanol–water partition coefficient (Wildman–Crippen LogP) is 2.08. The molecule has 0 aliphatic carbocycles. The van der Waals surface area contributed by atoms with Crippen molar-refractivity contribution in [1.29, 1.82) is 0 Å². The van der Waals surface area contributed by atoms with E-state index in [9.17, 15) is 4.79 Å². The number of rotatable bonds is 3. The van der Waals surface area contributed by atoms with Gasteiger partial charge in [-0.05, 0) is 50.6 Å². The highest BCUT2D eigenvalue weighted by molar-refractivity contribution is 5.93. The van der Waals surface area contributed by atoms with Crippen molar-refractivity contribution in [3.8, 4) is 0 Å². The minimum absolute atomic E-state index is 0.0716. The molecule has 0 radical (unpaired) electrons. The summed E-state index contributed by atoms with van der Waals surface area (Å²) in [5, 5.41) is 6.37. The van der Waals surface area contributed by atoms with E-state index in [1.54, 1.807) is 0 Å². The average Bonchev–Trinajstić information content (AvgIpc) is 2.39. The molecule has 2 unspecified atom stereocenters. The summed E-state index contributed by atoms with van der Waals surface area (Å²) in [6.07, 6.45) is 2.04. The number of carbonyl (C=O) groups excluding carboxylic acids is 1. The number of anilines is 2. The molecule has 0 spiro atoms. The lowest BCUT2D eigenvalue weighted by Gasteiger charge is -2.28. The standard InChI is InChI=1S/C15H23N3O/c1-11-14(5-4-10-16-11)15(19)17-12-6-8-13(9-7-12)18(2)3/h6-9,11,14,16H,4-5,10H2,1-3H3,(H,17,19). The van der Waals surface area contributed by atoms with Crippen LogP contribution in [0.2, 0.25) is 0 Å². The summed E-state index contributed by atoms with van der Waals surface area (Å²) in [5.41, 5.74) is 2.00. The van der Waals surface area contributed by atoms with Crippen LogP contribution in [0, 0.1) is 5.92 Å². The highest BCUT2D eigenvalue weighted by Gasteiger charge is 2.27. The van der Waals surface area contributed by atoms with E-state index >= 15 is 0 Å². The number of hydrogen-bond acceptors (Lipinski definition) is 3. The van der Waals surface area contributed by atoms with Gasteiger partial charge in [0.25, 0.3) is 0 Å². The smallest absolute Gasteiger partial charge is 0.229 e. The number of benzene rings is 1. The summed E-state index contributed by atoms with van der Waals surface area (Å²) in [4.78, 5) is 14.3. The second kappa shape index (κ2) is 6.06. The van der Waals surface area contributed by atoms with Crippen LogP contribution in [-0.2, 0) is 4.79 Å². The fourth-order valence-corrected chi connectivity index (χ4v) is 2.48. The van der Waals surface area contributed by atoms with Crippen LogP contribution in [-0.4, -0.2) is 32.6 Å². The Balaban J connectivity index is 1.98. The molecule has 4 heteroatoms. The predicted molar refractivity (Wildman–Crippen MR) is 79.6 cm³/mol. The monoisotopic (exact) mass is 261 g/mol. The third-order valence-corrected chi connectivity index (χ3v) is 3.75. The van der Waals surface area contributed by atoms with Crippen molar-refractivity contribution < 1.29 is 4.79 Å². The molecule has 1 aromatic carbocycles. The maximum atomic E-state index is 12.2. The Bertz CT molecular complexity index is 428. The molecule has 2 rings (SSSR count). The van der Waals surface area contributed by atoms with Gasteiger partial charge in [0, 0.05) is 31.5 Å². The molecular formula is C15H23N3O. The lowest BCUT2D eigenvalue weighted by molar-refractivity contribution is -0.121. The van der Waals surface area contributed by atoms with E-state index in [-0.39, 0.29) is 17.9 Å². The van der Waals surface area contributed by atoms with E-state index in [2.05, 4.69) is 17.6 Å². The zero-order chi connectivity index (χ0) is 13.8. The van der Waals surface area contributed by atoms with Gasteiger partial charge >= 0.3 is 0 Å². The SMILES string of the molecule is CC1NCCCC1C(=O)Nc1ccc(N(C)C)cc1.